The van der Waals surface area contributed by atoms with Gasteiger partial charge in [0.05, 0.1) is 13.2 Å². The van der Waals surface area contributed by atoms with Crippen molar-refractivity contribution in [2.75, 3.05) is 30.5 Å². The van der Waals surface area contributed by atoms with Gasteiger partial charge in [0.15, 0.2) is 6.23 Å². The lowest BCUT2D eigenvalue weighted by atomic mass is 10.0. The summed E-state index contributed by atoms with van der Waals surface area (Å²) < 4.78 is 51.9. The predicted octanol–water partition coefficient (Wildman–Crippen LogP) is 10.3. The largest absolute Gasteiger partial charge is 0.481 e. The van der Waals surface area contributed by atoms with E-state index in [1.54, 1.807) is 0 Å². The van der Waals surface area contributed by atoms with Gasteiger partial charge in [-0.3, -0.25) is 18.4 Å². The number of carbonyl (C=O) groups excluding carboxylic acids is 1. The van der Waals surface area contributed by atoms with Crippen LogP contribution >= 0.6 is 27.4 Å². The van der Waals surface area contributed by atoms with Crippen molar-refractivity contribution in [2.24, 2.45) is 0 Å². The third-order valence-electron chi connectivity index (χ3n) is 11.2. The molecular formula is C44H83N3O13P2S. The van der Waals surface area contributed by atoms with Crippen molar-refractivity contribution in [3.8, 4) is 0 Å². The first kappa shape index (κ1) is 57.8. The molecule has 1 aliphatic heterocycles. The summed E-state index contributed by atoms with van der Waals surface area (Å²) in [5.41, 5.74) is 4.62. The van der Waals surface area contributed by atoms with Crippen LogP contribution in [0.5, 0.6) is 0 Å². The minimum Gasteiger partial charge on any atom is -0.459 e. The number of hydrogen-bond donors (Lipinski definition) is 5. The van der Waals surface area contributed by atoms with E-state index >= 15 is 0 Å². The summed E-state index contributed by atoms with van der Waals surface area (Å²) in [6, 6.07) is 1.27. The number of phosphoric ester groups is 2. The number of thioether (sulfide) groups is 1. The first-order chi connectivity index (χ1) is 30.3. The Kier molecular flexibility index (Phi) is 32.0. The molecular weight excluding hydrogens is 873 g/mol. The third-order valence-corrected chi connectivity index (χ3v) is 15.0. The minimum atomic E-state index is -5.32. The molecule has 0 radical (unpaired) electrons. The Morgan fingerprint density at radius 3 is 1.70 bits per heavy atom. The van der Waals surface area contributed by atoms with E-state index < -0.39 is 71.2 Å². The highest BCUT2D eigenvalue weighted by Gasteiger charge is 2.46. The monoisotopic (exact) mass is 956 g/mol. The van der Waals surface area contributed by atoms with E-state index in [4.69, 9.17) is 24.3 Å². The number of aliphatic hydroxyl groups is 2. The number of nitrogen functional groups attached to an aromatic ring is 1. The Morgan fingerprint density at radius 2 is 1.21 bits per heavy atom. The van der Waals surface area contributed by atoms with Crippen molar-refractivity contribution in [1.29, 1.82) is 0 Å². The van der Waals surface area contributed by atoms with Crippen LogP contribution in [0.25, 0.3) is 0 Å². The van der Waals surface area contributed by atoms with E-state index in [9.17, 15) is 38.7 Å². The average Bonchev–Trinajstić information content (AvgIpc) is 3.51. The van der Waals surface area contributed by atoms with Crippen molar-refractivity contribution < 1.29 is 56.8 Å². The van der Waals surface area contributed by atoms with Gasteiger partial charge in [-0.05, 0) is 24.7 Å². The van der Waals surface area contributed by atoms with Crippen LogP contribution in [-0.2, 0) is 36.8 Å². The van der Waals surface area contributed by atoms with Crippen molar-refractivity contribution in [2.45, 2.75) is 224 Å². The maximum Gasteiger partial charge on any atom is 0.481 e. The molecule has 2 rings (SSSR count). The fraction of sp³-hybridized carbons (Fsp3) is 0.886. The maximum absolute atomic E-state index is 12.9. The number of aliphatic hydroxyl groups excluding tert-OH is 2. The topological polar surface area (TPSA) is 239 Å². The van der Waals surface area contributed by atoms with E-state index in [2.05, 4.69) is 23.1 Å². The second kappa shape index (κ2) is 34.9. The zero-order valence-corrected chi connectivity index (χ0v) is 41.0. The molecule has 6 N–H and O–H groups in total. The molecule has 0 bridgehead atoms. The first-order valence-corrected chi connectivity index (χ1v) is 28.2. The van der Waals surface area contributed by atoms with Crippen molar-refractivity contribution in [3.63, 3.8) is 0 Å². The Hall–Kier alpha value is -1.36. The van der Waals surface area contributed by atoms with Crippen LogP contribution in [0.3, 0.4) is 0 Å². The summed E-state index contributed by atoms with van der Waals surface area (Å²) in [6.07, 6.45) is 27.1. The minimum absolute atomic E-state index is 0.0772. The van der Waals surface area contributed by atoms with Gasteiger partial charge < -0.3 is 35.2 Å². The Labute approximate surface area is 381 Å². The van der Waals surface area contributed by atoms with Crippen molar-refractivity contribution in [3.05, 3.63) is 22.7 Å². The summed E-state index contributed by atoms with van der Waals surface area (Å²) >= 11 is 1.53. The number of nitrogens with two attached hydrogens (primary N) is 1. The summed E-state index contributed by atoms with van der Waals surface area (Å²) in [5, 5.41) is 20.9. The average molecular weight is 956 g/mol. The Morgan fingerprint density at radius 1 is 0.746 bits per heavy atom. The molecule has 63 heavy (non-hydrogen) atoms. The predicted molar refractivity (Wildman–Crippen MR) is 249 cm³/mol. The molecule has 0 spiro atoms. The highest BCUT2D eigenvalue weighted by molar-refractivity contribution is 7.99. The fourth-order valence-electron chi connectivity index (χ4n) is 7.50. The normalized spacial score (nSPS) is 20.1. The molecule has 0 amide bonds. The standard InChI is InChI=1S/C44H83N3O13P2S/c1-3-5-7-9-11-13-15-17-19-21-23-25-27-29-33-63-36-37(58-40(48)30-28-26-24-22-20-18-16-14-12-10-8-6-4-2)34-56-61(52,53)60-62(54,55)57-35-38-41(49)42(50)43(59-38)47-32-31-39(45)46-44(47)51/h31-32,37-38,41-43,49-50H,3-30,33-36H2,1-2H3,(H,52,53)(H,54,55)(H2,45,46,51)/t37?,38-,41-,42+,43-/m1/s1. The third kappa shape index (κ3) is 27.8. The number of carbonyl (C=O) groups is 1. The lowest BCUT2D eigenvalue weighted by molar-refractivity contribution is -0.149. The highest BCUT2D eigenvalue weighted by Crippen LogP contribution is 2.60. The zero-order valence-electron chi connectivity index (χ0n) is 38.4. The van der Waals surface area contributed by atoms with E-state index in [1.165, 1.54) is 152 Å². The van der Waals surface area contributed by atoms with Gasteiger partial charge >= 0.3 is 27.3 Å². The summed E-state index contributed by atoms with van der Waals surface area (Å²) in [6.45, 7) is 3.02. The number of aromatic nitrogens is 2. The van der Waals surface area contributed by atoms with Gasteiger partial charge in [-0.15, -0.1) is 0 Å². The number of rotatable bonds is 41. The first-order valence-electron chi connectivity index (χ1n) is 24.1. The number of hydrogen-bond acceptors (Lipinski definition) is 14. The van der Waals surface area contributed by atoms with Crippen LogP contribution in [-0.4, -0.2) is 84.7 Å². The van der Waals surface area contributed by atoms with Gasteiger partial charge in [0, 0.05) is 18.4 Å². The molecule has 368 valence electrons. The molecule has 1 fully saturated rings. The van der Waals surface area contributed by atoms with Gasteiger partial charge in [-0.25, -0.2) is 13.9 Å². The zero-order chi connectivity index (χ0) is 46.2. The van der Waals surface area contributed by atoms with Crippen LogP contribution in [0.2, 0.25) is 0 Å². The van der Waals surface area contributed by atoms with Crippen LogP contribution in [0, 0.1) is 0 Å². The quantitative estimate of drug-likeness (QED) is 0.0233. The van der Waals surface area contributed by atoms with Gasteiger partial charge in [0.25, 0.3) is 0 Å². The highest BCUT2D eigenvalue weighted by atomic mass is 32.2. The van der Waals surface area contributed by atoms with Crippen LogP contribution in [0.15, 0.2) is 17.1 Å². The molecule has 0 aromatic carbocycles. The molecule has 1 aromatic heterocycles. The van der Waals surface area contributed by atoms with E-state index in [0.29, 0.717) is 6.42 Å². The number of anilines is 1. The summed E-state index contributed by atoms with van der Waals surface area (Å²) in [5.74, 6) is 0.544. The summed E-state index contributed by atoms with van der Waals surface area (Å²) in [4.78, 5) is 49.3. The Balaban J connectivity index is 1.77. The molecule has 19 heteroatoms. The molecule has 1 aromatic rings. The molecule has 0 aliphatic carbocycles. The molecule has 16 nitrogen and oxygen atoms in total. The number of phosphoric acid groups is 2. The fourth-order valence-corrected chi connectivity index (χ4v) is 10.6. The van der Waals surface area contributed by atoms with E-state index in [0.717, 1.165) is 48.8 Å². The van der Waals surface area contributed by atoms with Gasteiger partial charge in [-0.2, -0.15) is 21.1 Å². The lowest BCUT2D eigenvalue weighted by Gasteiger charge is -2.21. The number of ether oxygens (including phenoxy) is 2. The van der Waals surface area contributed by atoms with Crippen LogP contribution in [0.1, 0.15) is 200 Å². The van der Waals surface area contributed by atoms with Gasteiger partial charge in [-0.1, -0.05) is 174 Å². The SMILES string of the molecule is CCCCCCCCCCCCCCCCSCC(COP(=O)(O)OP(=O)(O)OC[C@H]1O[C@@H](n2ccc(N)nc2=O)[C@@H](O)[C@@H]1O)OC(=O)CCCCCCCCCCCCCCC. The maximum atomic E-state index is 12.9. The van der Waals surface area contributed by atoms with E-state index in [1.807, 2.05) is 0 Å². The van der Waals surface area contributed by atoms with Crippen molar-refractivity contribution in [1.82, 2.24) is 9.55 Å². The molecule has 1 saturated heterocycles. The van der Waals surface area contributed by atoms with E-state index in [-0.39, 0.29) is 18.0 Å². The molecule has 2 heterocycles. The van der Waals surface area contributed by atoms with Crippen LogP contribution < -0.4 is 11.4 Å². The second-order valence-electron chi connectivity index (χ2n) is 17.0. The summed E-state index contributed by atoms with van der Waals surface area (Å²) in [7, 11) is -10.6. The molecule has 1 aliphatic rings. The van der Waals surface area contributed by atoms with Crippen molar-refractivity contribution >= 4 is 39.2 Å². The molecule has 0 saturated carbocycles. The Bertz CT molecular complexity index is 1490. The molecule has 3 unspecified atom stereocenters. The number of unbranched alkanes of at least 4 members (excludes halogenated alkanes) is 25. The number of nitrogens with zero attached hydrogens (tertiary/aromatic N) is 2. The van der Waals surface area contributed by atoms with Gasteiger partial charge in [0.2, 0.25) is 0 Å². The lowest BCUT2D eigenvalue weighted by Crippen LogP contribution is -2.36. The smallest absolute Gasteiger partial charge is 0.459 e. The van der Waals surface area contributed by atoms with Crippen LogP contribution in [0.4, 0.5) is 5.82 Å². The van der Waals surface area contributed by atoms with Gasteiger partial charge in [0.1, 0.15) is 30.2 Å². The molecule has 7 atom stereocenters. The second-order valence-corrected chi connectivity index (χ2v) is 21.2. The number of esters is 1.